The summed E-state index contributed by atoms with van der Waals surface area (Å²) in [5, 5.41) is 0.405. The summed E-state index contributed by atoms with van der Waals surface area (Å²) < 4.78 is 24.7. The highest BCUT2D eigenvalue weighted by Gasteiger charge is 2.14. The van der Waals surface area contributed by atoms with Gasteiger partial charge in [-0.25, -0.2) is 18.4 Å². The number of sulfone groups is 1. The Labute approximate surface area is 133 Å². The van der Waals surface area contributed by atoms with E-state index in [2.05, 4.69) is 9.97 Å². The topological polar surface area (TPSA) is 64.8 Å². The molecule has 1 aromatic carbocycles. The van der Waals surface area contributed by atoms with Gasteiger partial charge in [0, 0.05) is 11.8 Å². The summed E-state index contributed by atoms with van der Waals surface area (Å²) in [6.45, 7) is 0. The third kappa shape index (κ3) is 2.75. The molecular weight excluding hydrogens is 322 g/mol. The number of halogens is 1. The van der Waals surface area contributed by atoms with Crippen LogP contribution in [0.2, 0.25) is 5.15 Å². The second-order valence-corrected chi connectivity index (χ2v) is 7.07. The number of pyridine rings is 1. The molecule has 0 saturated carbocycles. The lowest BCUT2D eigenvalue weighted by Crippen LogP contribution is -2.02. The molecule has 0 saturated heterocycles. The average Bonchev–Trinajstić information content (AvgIpc) is 2.89. The lowest BCUT2D eigenvalue weighted by Gasteiger charge is -2.09. The first-order valence-corrected chi connectivity index (χ1v) is 8.68. The van der Waals surface area contributed by atoms with Gasteiger partial charge in [0.1, 0.15) is 6.33 Å². The predicted molar refractivity (Wildman–Crippen MR) is 84.9 cm³/mol. The second kappa shape index (κ2) is 5.55. The van der Waals surface area contributed by atoms with E-state index in [0.717, 1.165) is 17.5 Å². The highest BCUT2D eigenvalue weighted by atomic mass is 35.5. The minimum absolute atomic E-state index is 0.0312. The lowest BCUT2D eigenvalue weighted by molar-refractivity contribution is 0.598. The van der Waals surface area contributed by atoms with E-state index in [1.807, 2.05) is 30.3 Å². The molecule has 0 spiro atoms. The first-order chi connectivity index (χ1) is 10.5. The number of aromatic nitrogens is 3. The quantitative estimate of drug-likeness (QED) is 0.739. The Balaban J connectivity index is 2.11. The van der Waals surface area contributed by atoms with Crippen LogP contribution in [0.1, 0.15) is 0 Å². The van der Waals surface area contributed by atoms with Crippen LogP contribution in [0.25, 0.3) is 16.9 Å². The van der Waals surface area contributed by atoms with E-state index in [-0.39, 0.29) is 5.03 Å². The van der Waals surface area contributed by atoms with Crippen molar-refractivity contribution < 1.29 is 8.42 Å². The summed E-state index contributed by atoms with van der Waals surface area (Å²) in [4.78, 5) is 8.11. The molecule has 0 bridgehead atoms. The normalized spacial score (nSPS) is 11.5. The number of imidazole rings is 1. The molecule has 0 radical (unpaired) electrons. The largest absolute Gasteiger partial charge is 0.296 e. The summed E-state index contributed by atoms with van der Waals surface area (Å²) in [5.41, 5.74) is 2.33. The van der Waals surface area contributed by atoms with Crippen molar-refractivity contribution in [2.24, 2.45) is 0 Å². The van der Waals surface area contributed by atoms with Crippen LogP contribution < -0.4 is 0 Å². The molecule has 3 aromatic rings. The van der Waals surface area contributed by atoms with Crippen LogP contribution in [0.15, 0.2) is 60.0 Å². The molecule has 0 fully saturated rings. The van der Waals surface area contributed by atoms with Crippen LogP contribution in [0.3, 0.4) is 0 Å². The maximum Gasteiger partial charge on any atom is 0.192 e. The number of hydrogen-bond donors (Lipinski definition) is 0. The van der Waals surface area contributed by atoms with Crippen molar-refractivity contribution in [3.8, 4) is 16.9 Å². The maximum atomic E-state index is 11.5. The Bertz CT molecular complexity index is 904. The molecule has 0 aliphatic heterocycles. The molecule has 22 heavy (non-hydrogen) atoms. The third-order valence-corrected chi connectivity index (χ3v) is 4.43. The van der Waals surface area contributed by atoms with E-state index in [0.29, 0.717) is 10.8 Å². The molecule has 2 aromatic heterocycles. The van der Waals surface area contributed by atoms with Gasteiger partial charge in [0.2, 0.25) is 0 Å². The Kier molecular flexibility index (Phi) is 3.72. The van der Waals surface area contributed by atoms with Gasteiger partial charge in [-0.2, -0.15) is 0 Å². The van der Waals surface area contributed by atoms with Crippen molar-refractivity contribution >= 4 is 21.4 Å². The van der Waals surface area contributed by atoms with Crippen LogP contribution in [-0.2, 0) is 9.84 Å². The minimum Gasteiger partial charge on any atom is -0.296 e. The summed E-state index contributed by atoms with van der Waals surface area (Å²) in [7, 11) is -3.32. The van der Waals surface area contributed by atoms with Crippen LogP contribution in [0, 0.1) is 0 Å². The molecule has 0 amide bonds. The zero-order chi connectivity index (χ0) is 15.7. The lowest BCUT2D eigenvalue weighted by atomic mass is 10.1. The standard InChI is InChI=1S/C15H12ClN3O2S/c1-22(20,21)13-8-7-12(9-17-13)19-10-18-15(16)14(19)11-5-3-2-4-6-11/h2-10H,1H3. The van der Waals surface area contributed by atoms with Gasteiger partial charge in [0.05, 0.1) is 17.6 Å². The van der Waals surface area contributed by atoms with Gasteiger partial charge in [0.15, 0.2) is 20.0 Å². The van der Waals surface area contributed by atoms with Crippen molar-refractivity contribution in [2.75, 3.05) is 6.26 Å². The fraction of sp³-hybridized carbons (Fsp3) is 0.0667. The average molecular weight is 334 g/mol. The molecule has 0 unspecified atom stereocenters. The summed E-state index contributed by atoms with van der Waals surface area (Å²) in [6, 6.07) is 12.7. The number of hydrogen-bond acceptors (Lipinski definition) is 4. The van der Waals surface area contributed by atoms with Gasteiger partial charge < -0.3 is 0 Å². The summed E-state index contributed by atoms with van der Waals surface area (Å²) in [6.07, 6.45) is 4.20. The van der Waals surface area contributed by atoms with Gasteiger partial charge in [-0.05, 0) is 12.1 Å². The zero-order valence-corrected chi connectivity index (χ0v) is 13.2. The van der Waals surface area contributed by atoms with E-state index in [1.54, 1.807) is 17.0 Å². The van der Waals surface area contributed by atoms with E-state index in [1.165, 1.54) is 12.3 Å². The Hall–Kier alpha value is -2.18. The summed E-state index contributed by atoms with van der Waals surface area (Å²) >= 11 is 6.18. The first kappa shape index (κ1) is 14.7. The molecule has 0 aliphatic rings. The van der Waals surface area contributed by atoms with E-state index in [9.17, 15) is 8.42 Å². The molecule has 112 valence electrons. The van der Waals surface area contributed by atoms with Gasteiger partial charge >= 0.3 is 0 Å². The van der Waals surface area contributed by atoms with Crippen LogP contribution >= 0.6 is 11.6 Å². The molecule has 2 heterocycles. The molecule has 0 atom stereocenters. The monoisotopic (exact) mass is 333 g/mol. The molecule has 7 heteroatoms. The molecule has 0 aliphatic carbocycles. The molecular formula is C15H12ClN3O2S. The minimum atomic E-state index is -3.32. The Morgan fingerprint density at radius 3 is 2.36 bits per heavy atom. The maximum absolute atomic E-state index is 11.5. The second-order valence-electron chi connectivity index (χ2n) is 4.75. The van der Waals surface area contributed by atoms with Crippen molar-refractivity contribution in [3.63, 3.8) is 0 Å². The number of rotatable bonds is 3. The van der Waals surface area contributed by atoms with E-state index < -0.39 is 9.84 Å². The Morgan fingerprint density at radius 1 is 1.05 bits per heavy atom. The van der Waals surface area contributed by atoms with E-state index in [4.69, 9.17) is 11.6 Å². The number of nitrogens with zero attached hydrogens (tertiary/aromatic N) is 3. The number of benzene rings is 1. The van der Waals surface area contributed by atoms with E-state index >= 15 is 0 Å². The highest BCUT2D eigenvalue weighted by molar-refractivity contribution is 7.90. The third-order valence-electron chi connectivity index (χ3n) is 3.15. The highest BCUT2D eigenvalue weighted by Crippen LogP contribution is 2.29. The van der Waals surface area contributed by atoms with Gasteiger partial charge in [-0.15, -0.1) is 0 Å². The fourth-order valence-electron chi connectivity index (χ4n) is 2.11. The van der Waals surface area contributed by atoms with Crippen LogP contribution in [-0.4, -0.2) is 29.2 Å². The fourth-order valence-corrected chi connectivity index (χ4v) is 2.91. The van der Waals surface area contributed by atoms with Gasteiger partial charge in [-0.1, -0.05) is 41.9 Å². The van der Waals surface area contributed by atoms with Crippen LogP contribution in [0.5, 0.6) is 0 Å². The van der Waals surface area contributed by atoms with Gasteiger partial charge in [0.25, 0.3) is 0 Å². The molecule has 3 rings (SSSR count). The van der Waals surface area contributed by atoms with Crippen molar-refractivity contribution in [1.29, 1.82) is 0 Å². The van der Waals surface area contributed by atoms with Crippen LogP contribution in [0.4, 0.5) is 0 Å². The smallest absolute Gasteiger partial charge is 0.192 e. The predicted octanol–water partition coefficient (Wildman–Crippen LogP) is 2.99. The van der Waals surface area contributed by atoms with Crippen molar-refractivity contribution in [1.82, 2.24) is 14.5 Å². The Morgan fingerprint density at radius 2 is 1.77 bits per heavy atom. The first-order valence-electron chi connectivity index (χ1n) is 6.41. The summed E-state index contributed by atoms with van der Waals surface area (Å²) in [5.74, 6) is 0. The van der Waals surface area contributed by atoms with Crippen molar-refractivity contribution in [2.45, 2.75) is 5.03 Å². The molecule has 0 N–H and O–H groups in total. The van der Waals surface area contributed by atoms with Gasteiger partial charge in [-0.3, -0.25) is 4.57 Å². The van der Waals surface area contributed by atoms with Crippen molar-refractivity contribution in [3.05, 3.63) is 60.1 Å². The zero-order valence-electron chi connectivity index (χ0n) is 11.6. The SMILES string of the molecule is CS(=O)(=O)c1ccc(-n2cnc(Cl)c2-c2ccccc2)cn1. The molecule has 5 nitrogen and oxygen atoms in total.